The highest BCUT2D eigenvalue weighted by Crippen LogP contribution is 2.31. The van der Waals surface area contributed by atoms with Crippen molar-refractivity contribution in [3.05, 3.63) is 21.0 Å². The minimum atomic E-state index is -0.181. The molecule has 2 aliphatic rings. The normalized spacial score (nSPS) is 25.8. The van der Waals surface area contributed by atoms with E-state index in [9.17, 15) is 4.79 Å². The molecule has 2 N–H and O–H groups in total. The predicted octanol–water partition coefficient (Wildman–Crippen LogP) is 0.186. The standard InChI is InChI=1S/C13H19BrN4O2/c14-12-11(6-16-18(4-5-19)13(12)20)17-7-9-2-1-3-15-10(9)8-17/h6,9-10,15,19H,1-5,7-8H2. The van der Waals surface area contributed by atoms with Crippen molar-refractivity contribution in [2.45, 2.75) is 25.4 Å². The number of piperidine rings is 1. The number of hydrogen-bond acceptors (Lipinski definition) is 5. The van der Waals surface area contributed by atoms with Gasteiger partial charge in [-0.25, -0.2) is 4.68 Å². The molecule has 3 heterocycles. The molecular formula is C13H19BrN4O2. The Morgan fingerprint density at radius 1 is 1.50 bits per heavy atom. The first-order chi connectivity index (χ1) is 9.70. The van der Waals surface area contributed by atoms with Crippen LogP contribution in [0.25, 0.3) is 0 Å². The van der Waals surface area contributed by atoms with Crippen LogP contribution in [0.2, 0.25) is 0 Å². The van der Waals surface area contributed by atoms with Gasteiger partial charge in [0.25, 0.3) is 5.56 Å². The van der Waals surface area contributed by atoms with Crippen molar-refractivity contribution < 1.29 is 5.11 Å². The first kappa shape index (κ1) is 14.0. The molecule has 2 aliphatic heterocycles. The highest BCUT2D eigenvalue weighted by atomic mass is 79.9. The molecule has 110 valence electrons. The number of rotatable bonds is 3. The zero-order chi connectivity index (χ0) is 14.1. The Kier molecular flexibility index (Phi) is 4.09. The quantitative estimate of drug-likeness (QED) is 0.820. The predicted molar refractivity (Wildman–Crippen MR) is 80.0 cm³/mol. The molecule has 2 unspecified atom stereocenters. The zero-order valence-electron chi connectivity index (χ0n) is 11.3. The minimum absolute atomic E-state index is 0.0868. The molecule has 2 saturated heterocycles. The van der Waals surface area contributed by atoms with Gasteiger partial charge in [-0.15, -0.1) is 0 Å². The van der Waals surface area contributed by atoms with Crippen molar-refractivity contribution in [1.82, 2.24) is 15.1 Å². The lowest BCUT2D eigenvalue weighted by Crippen LogP contribution is -2.40. The number of fused-ring (bicyclic) bond motifs is 1. The van der Waals surface area contributed by atoms with Crippen molar-refractivity contribution in [3.8, 4) is 0 Å². The van der Waals surface area contributed by atoms with Gasteiger partial charge in [-0.05, 0) is 41.2 Å². The Hall–Kier alpha value is -0.920. The third-order valence-corrected chi connectivity index (χ3v) is 4.96. The van der Waals surface area contributed by atoms with Gasteiger partial charge >= 0.3 is 0 Å². The van der Waals surface area contributed by atoms with E-state index in [0.717, 1.165) is 25.3 Å². The third kappa shape index (κ3) is 2.49. The topological polar surface area (TPSA) is 70.4 Å². The Morgan fingerprint density at radius 2 is 2.35 bits per heavy atom. The van der Waals surface area contributed by atoms with Crippen LogP contribution in [0.3, 0.4) is 0 Å². The summed E-state index contributed by atoms with van der Waals surface area (Å²) in [7, 11) is 0. The van der Waals surface area contributed by atoms with E-state index < -0.39 is 0 Å². The number of nitrogens with one attached hydrogen (secondary N) is 1. The summed E-state index contributed by atoms with van der Waals surface area (Å²) in [5, 5.41) is 16.6. The smallest absolute Gasteiger partial charge is 0.283 e. The van der Waals surface area contributed by atoms with Gasteiger partial charge in [0.1, 0.15) is 4.47 Å². The lowest BCUT2D eigenvalue weighted by molar-refractivity contribution is 0.266. The average Bonchev–Trinajstić information content (AvgIpc) is 2.88. The molecule has 1 aromatic heterocycles. The maximum Gasteiger partial charge on any atom is 0.283 e. The van der Waals surface area contributed by atoms with Crippen molar-refractivity contribution in [1.29, 1.82) is 0 Å². The maximum absolute atomic E-state index is 12.2. The third-order valence-electron chi connectivity index (χ3n) is 4.22. The first-order valence-electron chi connectivity index (χ1n) is 7.05. The lowest BCUT2D eigenvalue weighted by Gasteiger charge is -2.24. The van der Waals surface area contributed by atoms with E-state index >= 15 is 0 Å². The van der Waals surface area contributed by atoms with Crippen LogP contribution in [-0.2, 0) is 6.54 Å². The van der Waals surface area contributed by atoms with E-state index in [1.54, 1.807) is 6.20 Å². The van der Waals surface area contributed by atoms with E-state index in [1.807, 2.05) is 0 Å². The van der Waals surface area contributed by atoms with Crippen molar-refractivity contribution in [2.75, 3.05) is 31.1 Å². The largest absolute Gasteiger partial charge is 0.394 e. The highest BCUT2D eigenvalue weighted by Gasteiger charge is 2.35. The van der Waals surface area contributed by atoms with Crippen LogP contribution in [0.1, 0.15) is 12.8 Å². The van der Waals surface area contributed by atoms with Crippen LogP contribution >= 0.6 is 15.9 Å². The number of nitrogens with zero attached hydrogens (tertiary/aromatic N) is 3. The molecule has 2 atom stereocenters. The number of aliphatic hydroxyl groups excluding tert-OH is 1. The molecule has 7 heteroatoms. The number of aliphatic hydroxyl groups is 1. The molecule has 0 bridgehead atoms. The number of aromatic nitrogens is 2. The molecule has 20 heavy (non-hydrogen) atoms. The molecule has 0 amide bonds. The zero-order valence-corrected chi connectivity index (χ0v) is 12.8. The summed E-state index contributed by atoms with van der Waals surface area (Å²) in [4.78, 5) is 14.4. The molecular weight excluding hydrogens is 324 g/mol. The van der Waals surface area contributed by atoms with Gasteiger partial charge in [-0.2, -0.15) is 5.10 Å². The average molecular weight is 343 g/mol. The molecule has 0 radical (unpaired) electrons. The second-order valence-corrected chi connectivity index (χ2v) is 6.26. The van der Waals surface area contributed by atoms with Crippen molar-refractivity contribution in [2.24, 2.45) is 5.92 Å². The van der Waals surface area contributed by atoms with Gasteiger partial charge in [-0.3, -0.25) is 4.79 Å². The number of halogens is 1. The van der Waals surface area contributed by atoms with Crippen LogP contribution in [0, 0.1) is 5.92 Å². The van der Waals surface area contributed by atoms with E-state index in [4.69, 9.17) is 5.11 Å². The molecule has 0 aliphatic carbocycles. The summed E-state index contributed by atoms with van der Waals surface area (Å²) in [6.45, 7) is 3.13. The Labute approximate surface area is 125 Å². The van der Waals surface area contributed by atoms with Crippen molar-refractivity contribution >= 4 is 21.6 Å². The summed E-state index contributed by atoms with van der Waals surface area (Å²) in [5.41, 5.74) is 0.680. The summed E-state index contributed by atoms with van der Waals surface area (Å²) in [6.07, 6.45) is 4.20. The maximum atomic E-state index is 12.2. The monoisotopic (exact) mass is 342 g/mol. The molecule has 0 saturated carbocycles. The SMILES string of the molecule is O=c1c(Br)c(N2CC3CCCNC3C2)cnn1CCO. The molecule has 6 nitrogen and oxygen atoms in total. The Morgan fingerprint density at radius 3 is 3.10 bits per heavy atom. The number of anilines is 1. The first-order valence-corrected chi connectivity index (χ1v) is 7.85. The Balaban J connectivity index is 1.84. The molecule has 0 spiro atoms. The van der Waals surface area contributed by atoms with E-state index in [-0.39, 0.29) is 18.7 Å². The van der Waals surface area contributed by atoms with Crippen LogP contribution in [0.15, 0.2) is 15.5 Å². The van der Waals surface area contributed by atoms with Crippen LogP contribution in [0.5, 0.6) is 0 Å². The van der Waals surface area contributed by atoms with Gasteiger partial charge in [-0.1, -0.05) is 0 Å². The van der Waals surface area contributed by atoms with Crippen LogP contribution < -0.4 is 15.8 Å². The second kappa shape index (κ2) is 5.83. The lowest BCUT2D eigenvalue weighted by atomic mass is 9.94. The van der Waals surface area contributed by atoms with Gasteiger partial charge in [0.2, 0.25) is 0 Å². The Bertz CT molecular complexity index is 534. The van der Waals surface area contributed by atoms with Gasteiger partial charge in [0.05, 0.1) is 25.0 Å². The van der Waals surface area contributed by atoms with Crippen molar-refractivity contribution in [3.63, 3.8) is 0 Å². The van der Waals surface area contributed by atoms with Crippen LogP contribution in [-0.4, -0.2) is 47.2 Å². The second-order valence-electron chi connectivity index (χ2n) is 5.46. The van der Waals surface area contributed by atoms with Crippen LogP contribution in [0.4, 0.5) is 5.69 Å². The van der Waals surface area contributed by atoms with E-state index in [1.165, 1.54) is 17.5 Å². The minimum Gasteiger partial charge on any atom is -0.394 e. The highest BCUT2D eigenvalue weighted by molar-refractivity contribution is 9.10. The molecule has 0 aromatic carbocycles. The van der Waals surface area contributed by atoms with Gasteiger partial charge in [0.15, 0.2) is 0 Å². The van der Waals surface area contributed by atoms with E-state index in [0.29, 0.717) is 16.4 Å². The van der Waals surface area contributed by atoms with Gasteiger partial charge in [0, 0.05) is 19.1 Å². The summed E-state index contributed by atoms with van der Waals surface area (Å²) < 4.78 is 1.83. The summed E-state index contributed by atoms with van der Waals surface area (Å²) in [6, 6.07) is 0.524. The summed E-state index contributed by atoms with van der Waals surface area (Å²) >= 11 is 3.39. The molecule has 3 rings (SSSR count). The number of hydrogen-bond donors (Lipinski definition) is 2. The van der Waals surface area contributed by atoms with Gasteiger partial charge < -0.3 is 15.3 Å². The fourth-order valence-corrected chi connectivity index (χ4v) is 3.73. The van der Waals surface area contributed by atoms with E-state index in [2.05, 4.69) is 31.2 Å². The summed E-state index contributed by atoms with van der Waals surface area (Å²) in [5.74, 6) is 0.663. The molecule has 2 fully saturated rings. The fraction of sp³-hybridized carbons (Fsp3) is 0.692. The fourth-order valence-electron chi connectivity index (χ4n) is 3.17. The molecule has 1 aromatic rings.